The summed E-state index contributed by atoms with van der Waals surface area (Å²) in [6, 6.07) is 24.5. The van der Waals surface area contributed by atoms with E-state index in [1.807, 2.05) is 60.7 Å². The van der Waals surface area contributed by atoms with Gasteiger partial charge in [-0.2, -0.15) is 0 Å². The molecular weight excluding hydrogens is 524 g/mol. The number of nitrogens with zero attached hydrogens (tertiary/aromatic N) is 1. The Bertz CT molecular complexity index is 1530. The molecule has 5 rings (SSSR count). The van der Waals surface area contributed by atoms with Crippen LogP contribution in [0.2, 0.25) is 0 Å². The third kappa shape index (κ3) is 7.35. The monoisotopic (exact) mass is 564 g/mol. The summed E-state index contributed by atoms with van der Waals surface area (Å²) in [4.78, 5) is 30.2. The molecule has 0 bridgehead atoms. The summed E-state index contributed by atoms with van der Waals surface area (Å²) in [6.07, 6.45) is 6.35. The number of carbonyl (C=O) groups excluding carboxylic acids is 1. The first kappa shape index (κ1) is 29.3. The molecule has 1 aromatic heterocycles. The SMILES string of the molecule is CC(C)(C)c1ccc(Oc2ccc3cc(C(=O)N[C@@H](CCc4ccccc4)C(=O)O)nc(CC4CCCC4)c3c2)cc1. The second kappa shape index (κ2) is 12.8. The van der Waals surface area contributed by atoms with Crippen LogP contribution in [0.1, 0.15) is 80.2 Å². The number of fused-ring (bicyclic) bond motifs is 1. The van der Waals surface area contributed by atoms with E-state index in [4.69, 9.17) is 9.72 Å². The van der Waals surface area contributed by atoms with Crippen molar-refractivity contribution < 1.29 is 19.4 Å². The van der Waals surface area contributed by atoms with Gasteiger partial charge in [-0.1, -0.05) is 95.0 Å². The van der Waals surface area contributed by atoms with Gasteiger partial charge in [0.05, 0.1) is 0 Å². The number of rotatable bonds is 10. The number of aryl methyl sites for hydroxylation is 1. The van der Waals surface area contributed by atoms with Crippen LogP contribution in [0.5, 0.6) is 11.5 Å². The van der Waals surface area contributed by atoms with Crippen molar-refractivity contribution in [3.63, 3.8) is 0 Å². The van der Waals surface area contributed by atoms with Gasteiger partial charge in [-0.25, -0.2) is 9.78 Å². The molecule has 1 saturated carbocycles. The van der Waals surface area contributed by atoms with Crippen LogP contribution in [0.15, 0.2) is 78.9 Å². The number of carboxylic acid groups (broad SMARTS) is 1. The molecule has 1 amide bonds. The van der Waals surface area contributed by atoms with Crippen LogP contribution < -0.4 is 10.1 Å². The van der Waals surface area contributed by atoms with Gasteiger partial charge in [0.2, 0.25) is 0 Å². The topological polar surface area (TPSA) is 88.5 Å². The Morgan fingerprint density at radius 3 is 2.31 bits per heavy atom. The summed E-state index contributed by atoms with van der Waals surface area (Å²) >= 11 is 0. The van der Waals surface area contributed by atoms with Gasteiger partial charge in [0.1, 0.15) is 23.2 Å². The number of carboxylic acids is 1. The highest BCUT2D eigenvalue weighted by molar-refractivity contribution is 5.99. The van der Waals surface area contributed by atoms with E-state index in [9.17, 15) is 14.7 Å². The molecule has 0 aliphatic heterocycles. The van der Waals surface area contributed by atoms with Gasteiger partial charge >= 0.3 is 5.97 Å². The van der Waals surface area contributed by atoms with Crippen LogP contribution in [0.3, 0.4) is 0 Å². The quantitative estimate of drug-likeness (QED) is 0.205. The lowest BCUT2D eigenvalue weighted by atomic mass is 9.87. The Kier molecular flexibility index (Phi) is 8.91. The summed E-state index contributed by atoms with van der Waals surface area (Å²) in [7, 11) is 0. The predicted molar refractivity (Wildman–Crippen MR) is 166 cm³/mol. The minimum Gasteiger partial charge on any atom is -0.480 e. The fraction of sp³-hybridized carbons (Fsp3) is 0.361. The third-order valence-corrected chi connectivity index (χ3v) is 8.20. The molecule has 2 N–H and O–H groups in total. The maximum Gasteiger partial charge on any atom is 0.326 e. The normalized spacial score (nSPS) is 14.5. The Labute approximate surface area is 248 Å². The molecule has 218 valence electrons. The fourth-order valence-corrected chi connectivity index (χ4v) is 5.72. The lowest BCUT2D eigenvalue weighted by Crippen LogP contribution is -2.41. The zero-order valence-corrected chi connectivity index (χ0v) is 24.7. The van der Waals surface area contributed by atoms with Crippen molar-refractivity contribution in [3.8, 4) is 11.5 Å². The lowest BCUT2D eigenvalue weighted by Gasteiger charge is -2.19. The van der Waals surface area contributed by atoms with E-state index in [2.05, 4.69) is 38.2 Å². The molecular formula is C36H40N2O4. The number of aromatic nitrogens is 1. The Morgan fingerprint density at radius 2 is 1.64 bits per heavy atom. The highest BCUT2D eigenvalue weighted by atomic mass is 16.5. The highest BCUT2D eigenvalue weighted by Gasteiger charge is 2.24. The van der Waals surface area contributed by atoms with Crippen molar-refractivity contribution in [2.75, 3.05) is 0 Å². The molecule has 0 radical (unpaired) electrons. The number of hydrogen-bond donors (Lipinski definition) is 2. The van der Waals surface area contributed by atoms with Gasteiger partial charge in [-0.05, 0) is 77.4 Å². The molecule has 1 heterocycles. The smallest absolute Gasteiger partial charge is 0.326 e. The molecule has 42 heavy (non-hydrogen) atoms. The number of nitrogens with one attached hydrogen (secondary N) is 1. The van der Waals surface area contributed by atoms with Gasteiger partial charge in [0.25, 0.3) is 5.91 Å². The number of carbonyl (C=O) groups is 2. The van der Waals surface area contributed by atoms with Gasteiger partial charge in [0, 0.05) is 11.1 Å². The minimum absolute atomic E-state index is 0.0681. The fourth-order valence-electron chi connectivity index (χ4n) is 5.72. The summed E-state index contributed by atoms with van der Waals surface area (Å²) in [5.74, 6) is 0.474. The molecule has 0 spiro atoms. The van der Waals surface area contributed by atoms with Crippen molar-refractivity contribution in [3.05, 3.63) is 101 Å². The van der Waals surface area contributed by atoms with E-state index >= 15 is 0 Å². The van der Waals surface area contributed by atoms with E-state index in [-0.39, 0.29) is 11.1 Å². The molecule has 1 fully saturated rings. The van der Waals surface area contributed by atoms with Crippen molar-refractivity contribution in [2.45, 2.75) is 77.2 Å². The predicted octanol–water partition coefficient (Wildman–Crippen LogP) is 7.87. The van der Waals surface area contributed by atoms with E-state index in [1.165, 1.54) is 18.4 Å². The maximum absolute atomic E-state index is 13.3. The van der Waals surface area contributed by atoms with Gasteiger partial charge < -0.3 is 15.2 Å². The largest absolute Gasteiger partial charge is 0.480 e. The van der Waals surface area contributed by atoms with Crippen LogP contribution in [0.4, 0.5) is 0 Å². The van der Waals surface area contributed by atoms with Gasteiger partial charge in [-0.3, -0.25) is 4.79 Å². The first-order valence-corrected chi connectivity index (χ1v) is 15.0. The summed E-state index contributed by atoms with van der Waals surface area (Å²) in [6.45, 7) is 6.56. The van der Waals surface area contributed by atoms with Gasteiger partial charge in [0.15, 0.2) is 0 Å². The number of aliphatic carboxylic acids is 1. The third-order valence-electron chi connectivity index (χ3n) is 8.20. The van der Waals surface area contributed by atoms with Crippen LogP contribution in [-0.2, 0) is 23.1 Å². The Hall–Kier alpha value is -4.19. The lowest BCUT2D eigenvalue weighted by molar-refractivity contribution is -0.139. The molecule has 0 unspecified atom stereocenters. The van der Waals surface area contributed by atoms with Gasteiger partial charge in [-0.15, -0.1) is 0 Å². The number of amides is 1. The Morgan fingerprint density at radius 1 is 0.952 bits per heavy atom. The van der Waals surface area contributed by atoms with Crippen molar-refractivity contribution in [1.29, 1.82) is 0 Å². The van der Waals surface area contributed by atoms with Crippen LogP contribution in [0.25, 0.3) is 10.8 Å². The van der Waals surface area contributed by atoms with E-state index in [1.54, 1.807) is 6.07 Å². The molecule has 1 atom stereocenters. The second-order valence-corrected chi connectivity index (χ2v) is 12.5. The molecule has 0 saturated heterocycles. The van der Waals surface area contributed by atoms with E-state index in [0.29, 0.717) is 24.5 Å². The summed E-state index contributed by atoms with van der Waals surface area (Å²) < 4.78 is 6.23. The molecule has 1 aliphatic rings. The van der Waals surface area contributed by atoms with Crippen molar-refractivity contribution in [2.24, 2.45) is 5.92 Å². The molecule has 6 heteroatoms. The minimum atomic E-state index is -1.05. The standard InChI is InChI=1S/C36H40N2O4/c1-36(2,3)27-15-18-28(19-16-27)42-29-17-14-26-22-33(37-32(30(26)23-29)21-25-11-7-8-12-25)34(39)38-31(35(40)41)20-13-24-9-5-4-6-10-24/h4-6,9-10,14-19,22-23,25,31H,7-8,11-13,20-21H2,1-3H3,(H,38,39)(H,40,41)/t31-/m0/s1. The average Bonchev–Trinajstić information content (AvgIpc) is 3.48. The van der Waals surface area contributed by atoms with E-state index in [0.717, 1.165) is 47.0 Å². The molecule has 6 nitrogen and oxygen atoms in total. The zero-order valence-electron chi connectivity index (χ0n) is 24.7. The average molecular weight is 565 g/mol. The summed E-state index contributed by atoms with van der Waals surface area (Å²) in [5, 5.41) is 14.4. The van der Waals surface area contributed by atoms with Crippen LogP contribution >= 0.6 is 0 Å². The molecule has 4 aromatic rings. The maximum atomic E-state index is 13.3. The number of pyridine rings is 1. The second-order valence-electron chi connectivity index (χ2n) is 12.5. The zero-order chi connectivity index (χ0) is 29.7. The number of benzene rings is 3. The highest BCUT2D eigenvalue weighted by Crippen LogP contribution is 2.33. The van der Waals surface area contributed by atoms with Crippen molar-refractivity contribution >= 4 is 22.6 Å². The molecule has 3 aromatic carbocycles. The Balaban J connectivity index is 1.39. The van der Waals surface area contributed by atoms with Crippen LogP contribution in [-0.4, -0.2) is 28.0 Å². The number of ether oxygens (including phenoxy) is 1. The summed E-state index contributed by atoms with van der Waals surface area (Å²) in [5.41, 5.74) is 3.44. The molecule has 1 aliphatic carbocycles. The first-order valence-electron chi connectivity index (χ1n) is 15.0. The van der Waals surface area contributed by atoms with Crippen LogP contribution in [0, 0.1) is 5.92 Å². The first-order chi connectivity index (χ1) is 20.2. The number of hydrogen-bond acceptors (Lipinski definition) is 4. The van der Waals surface area contributed by atoms with Crippen molar-refractivity contribution in [1.82, 2.24) is 10.3 Å². The van der Waals surface area contributed by atoms with E-state index < -0.39 is 17.9 Å².